The molecule has 0 spiro atoms. The summed E-state index contributed by atoms with van der Waals surface area (Å²) in [6.45, 7) is 4.95. The minimum absolute atomic E-state index is 0.361. The molecule has 0 aliphatic carbocycles. The van der Waals surface area contributed by atoms with Gasteiger partial charge in [0.25, 0.3) is 0 Å². The van der Waals surface area contributed by atoms with Crippen LogP contribution in [0.5, 0.6) is 0 Å². The van der Waals surface area contributed by atoms with Gasteiger partial charge in [-0.25, -0.2) is 0 Å². The maximum absolute atomic E-state index is 12.5. The third-order valence-electron chi connectivity index (χ3n) is 3.84. The van der Waals surface area contributed by atoms with Gasteiger partial charge in [-0.2, -0.15) is 13.2 Å². The molecule has 0 bridgehead atoms. The number of alkyl halides is 3. The molecule has 1 amide bonds. The van der Waals surface area contributed by atoms with E-state index in [1.165, 1.54) is 16.2 Å². The fourth-order valence-electron chi connectivity index (χ4n) is 2.75. The van der Waals surface area contributed by atoms with Crippen molar-refractivity contribution in [2.45, 2.75) is 32.1 Å². The Labute approximate surface area is 131 Å². The van der Waals surface area contributed by atoms with Crippen molar-refractivity contribution in [2.75, 3.05) is 26.2 Å². The number of thiophene rings is 1. The van der Waals surface area contributed by atoms with Gasteiger partial charge in [-0.3, -0.25) is 14.6 Å². The lowest BCUT2D eigenvalue weighted by molar-refractivity contribution is -0.155. The Balaban J connectivity index is 1.99. The van der Waals surface area contributed by atoms with Crippen LogP contribution in [0.3, 0.4) is 0 Å². The van der Waals surface area contributed by atoms with Crippen LogP contribution in [0.2, 0.25) is 0 Å². The Morgan fingerprint density at radius 3 is 2.59 bits per heavy atom. The zero-order chi connectivity index (χ0) is 16.5. The second kappa shape index (κ2) is 6.17. The summed E-state index contributed by atoms with van der Waals surface area (Å²) in [5.41, 5.74) is 5.35. The van der Waals surface area contributed by atoms with Crippen LogP contribution in [0.15, 0.2) is 11.4 Å². The molecule has 22 heavy (non-hydrogen) atoms. The number of hydrogen-bond donors (Lipinski definition) is 1. The average molecular weight is 335 g/mol. The summed E-state index contributed by atoms with van der Waals surface area (Å²) >= 11 is 1.45. The van der Waals surface area contributed by atoms with E-state index in [1.54, 1.807) is 11.4 Å². The van der Waals surface area contributed by atoms with Crippen molar-refractivity contribution in [1.29, 1.82) is 0 Å². The first-order valence-corrected chi connectivity index (χ1v) is 7.86. The summed E-state index contributed by atoms with van der Waals surface area (Å²) < 4.78 is 37.6. The molecule has 0 saturated carbocycles. The number of amides is 1. The number of rotatable bonds is 4. The van der Waals surface area contributed by atoms with Crippen LogP contribution >= 0.6 is 11.3 Å². The summed E-state index contributed by atoms with van der Waals surface area (Å²) in [6, 6.07) is 1.76. The minimum atomic E-state index is -4.16. The first-order chi connectivity index (χ1) is 10.1. The zero-order valence-electron chi connectivity index (χ0n) is 12.6. The highest BCUT2D eigenvalue weighted by molar-refractivity contribution is 7.10. The quantitative estimate of drug-likeness (QED) is 0.919. The predicted octanol–water partition coefficient (Wildman–Crippen LogP) is 2.31. The smallest absolute Gasteiger partial charge is 0.366 e. The number of halogens is 3. The summed E-state index contributed by atoms with van der Waals surface area (Å²) in [4.78, 5) is 15.7. The van der Waals surface area contributed by atoms with Gasteiger partial charge in [0, 0.05) is 42.0 Å². The first kappa shape index (κ1) is 17.2. The van der Waals surface area contributed by atoms with E-state index in [1.807, 2.05) is 13.8 Å². The molecule has 0 unspecified atom stereocenters. The Morgan fingerprint density at radius 2 is 2.09 bits per heavy atom. The molecule has 4 nitrogen and oxygen atoms in total. The van der Waals surface area contributed by atoms with Crippen molar-refractivity contribution in [3.63, 3.8) is 0 Å². The minimum Gasteiger partial charge on any atom is -0.366 e. The molecule has 2 N–H and O–H groups in total. The van der Waals surface area contributed by atoms with Crippen LogP contribution in [0.1, 0.15) is 29.1 Å². The van der Waals surface area contributed by atoms with E-state index in [2.05, 4.69) is 4.90 Å². The zero-order valence-corrected chi connectivity index (χ0v) is 13.4. The summed E-state index contributed by atoms with van der Waals surface area (Å²) in [5, 5.41) is 1.71. The van der Waals surface area contributed by atoms with Gasteiger partial charge in [0.2, 0.25) is 5.91 Å². The standard InChI is InChI=1S/C14H20F3N3OS/c1-13(2)8-19(9-14(15,16)17)3-4-20(13)6-11-5-10(7-22-11)12(18)21/h5,7H,3-4,6,8-9H2,1-2H3,(H2,18,21). The molecule has 0 atom stereocenters. The summed E-state index contributed by atoms with van der Waals surface area (Å²) in [5.74, 6) is -0.461. The molecular formula is C14H20F3N3OS. The van der Waals surface area contributed by atoms with Crippen LogP contribution in [0.25, 0.3) is 0 Å². The summed E-state index contributed by atoms with van der Waals surface area (Å²) in [7, 11) is 0. The molecule has 2 rings (SSSR count). The lowest BCUT2D eigenvalue weighted by Crippen LogP contribution is -2.59. The molecular weight excluding hydrogens is 315 g/mol. The van der Waals surface area contributed by atoms with Gasteiger partial charge in [-0.15, -0.1) is 11.3 Å². The monoisotopic (exact) mass is 335 g/mol. The van der Waals surface area contributed by atoms with Gasteiger partial charge in [-0.1, -0.05) is 0 Å². The largest absolute Gasteiger partial charge is 0.401 e. The second-order valence-corrected chi connectivity index (χ2v) is 7.22. The third kappa shape index (κ3) is 4.44. The second-order valence-electron chi connectivity index (χ2n) is 6.23. The van der Waals surface area contributed by atoms with Gasteiger partial charge in [0.05, 0.1) is 12.1 Å². The number of hydrogen-bond acceptors (Lipinski definition) is 4. The maximum Gasteiger partial charge on any atom is 0.401 e. The van der Waals surface area contributed by atoms with Crippen molar-refractivity contribution in [3.8, 4) is 0 Å². The molecule has 1 aromatic heterocycles. The van der Waals surface area contributed by atoms with E-state index in [-0.39, 0.29) is 5.54 Å². The van der Waals surface area contributed by atoms with Crippen LogP contribution in [-0.4, -0.2) is 53.6 Å². The highest BCUT2D eigenvalue weighted by Crippen LogP contribution is 2.27. The van der Waals surface area contributed by atoms with Gasteiger partial charge < -0.3 is 5.73 Å². The first-order valence-electron chi connectivity index (χ1n) is 6.98. The van der Waals surface area contributed by atoms with Crippen molar-refractivity contribution >= 4 is 17.2 Å². The Hall–Kier alpha value is -1.12. The number of nitrogens with zero attached hydrogens (tertiary/aromatic N) is 2. The van der Waals surface area contributed by atoms with Crippen LogP contribution in [0, 0.1) is 0 Å². The van der Waals surface area contributed by atoms with E-state index >= 15 is 0 Å². The normalized spacial score (nSPS) is 20.2. The lowest BCUT2D eigenvalue weighted by Gasteiger charge is -2.47. The number of piperazine rings is 1. The Kier molecular flexibility index (Phi) is 4.84. The van der Waals surface area contributed by atoms with E-state index < -0.39 is 18.6 Å². The molecule has 0 radical (unpaired) electrons. The van der Waals surface area contributed by atoms with Crippen LogP contribution in [-0.2, 0) is 6.54 Å². The predicted molar refractivity (Wildman–Crippen MR) is 79.8 cm³/mol. The molecule has 1 aliphatic heterocycles. The number of carbonyl (C=O) groups excluding carboxylic acids is 1. The molecule has 1 aromatic rings. The Morgan fingerprint density at radius 1 is 1.41 bits per heavy atom. The topological polar surface area (TPSA) is 49.6 Å². The van der Waals surface area contributed by atoms with Gasteiger partial charge in [-0.05, 0) is 19.9 Å². The summed E-state index contributed by atoms with van der Waals surface area (Å²) in [6.07, 6.45) is -4.16. The van der Waals surface area contributed by atoms with E-state index in [4.69, 9.17) is 5.73 Å². The highest BCUT2D eigenvalue weighted by Gasteiger charge is 2.38. The van der Waals surface area contributed by atoms with Crippen molar-refractivity contribution < 1.29 is 18.0 Å². The van der Waals surface area contributed by atoms with Crippen molar-refractivity contribution in [1.82, 2.24) is 9.80 Å². The molecule has 2 heterocycles. The maximum atomic E-state index is 12.5. The van der Waals surface area contributed by atoms with Crippen LogP contribution in [0.4, 0.5) is 13.2 Å². The molecule has 1 fully saturated rings. The number of carbonyl (C=O) groups is 1. The molecule has 8 heteroatoms. The number of primary amides is 1. The van der Waals surface area contributed by atoms with Gasteiger partial charge in [0.1, 0.15) is 0 Å². The molecule has 124 valence electrons. The van der Waals surface area contributed by atoms with Crippen LogP contribution < -0.4 is 5.73 Å². The third-order valence-corrected chi connectivity index (χ3v) is 4.76. The molecule has 1 aliphatic rings. The van der Waals surface area contributed by atoms with E-state index in [0.29, 0.717) is 31.7 Å². The SMILES string of the molecule is CC1(C)CN(CC(F)(F)F)CCN1Cc1cc(C(N)=O)cs1. The van der Waals surface area contributed by atoms with Crippen molar-refractivity contribution in [2.24, 2.45) is 5.73 Å². The van der Waals surface area contributed by atoms with E-state index in [9.17, 15) is 18.0 Å². The lowest BCUT2D eigenvalue weighted by atomic mass is 9.98. The Bertz CT molecular complexity index is 542. The molecule has 1 saturated heterocycles. The molecule has 0 aromatic carbocycles. The van der Waals surface area contributed by atoms with Gasteiger partial charge in [0.15, 0.2) is 0 Å². The fourth-order valence-corrected chi connectivity index (χ4v) is 3.64. The van der Waals surface area contributed by atoms with Crippen molar-refractivity contribution in [3.05, 3.63) is 21.9 Å². The van der Waals surface area contributed by atoms with E-state index in [0.717, 1.165) is 4.88 Å². The number of nitrogens with two attached hydrogens (primary N) is 1. The fraction of sp³-hybridized carbons (Fsp3) is 0.643. The highest BCUT2D eigenvalue weighted by atomic mass is 32.1. The average Bonchev–Trinajstić information content (AvgIpc) is 2.78. The van der Waals surface area contributed by atoms with Gasteiger partial charge >= 0.3 is 6.18 Å².